The third kappa shape index (κ3) is 1.78. The van der Waals surface area contributed by atoms with Crippen LogP contribution in [0.3, 0.4) is 0 Å². The number of carbonyl (C=O) groups is 1. The Bertz CT molecular complexity index is 170. The van der Waals surface area contributed by atoms with E-state index < -0.39 is 5.97 Å². The molecule has 1 N–H and O–H groups in total. The summed E-state index contributed by atoms with van der Waals surface area (Å²) in [4.78, 5) is 13.0. The highest BCUT2D eigenvalue weighted by molar-refractivity contribution is 5.71. The van der Waals surface area contributed by atoms with E-state index in [1.807, 2.05) is 6.92 Å². The second-order valence-corrected chi connectivity index (χ2v) is 3.51. The fraction of sp³-hybridized carbons (Fsp3) is 0.889. The molecule has 2 atom stereocenters. The zero-order valence-corrected chi connectivity index (χ0v) is 7.79. The first-order valence-corrected chi connectivity index (χ1v) is 4.63. The van der Waals surface area contributed by atoms with Crippen LogP contribution in [0.25, 0.3) is 0 Å². The SMILES string of the molecule is CCCN1CC[C@H](C(=O)O)[C@H]1C. The van der Waals surface area contributed by atoms with E-state index in [0.717, 1.165) is 25.9 Å². The Kier molecular flexibility index (Phi) is 3.09. The van der Waals surface area contributed by atoms with Crippen LogP contribution >= 0.6 is 0 Å². The van der Waals surface area contributed by atoms with Gasteiger partial charge in [0.05, 0.1) is 5.92 Å². The number of hydrogen-bond donors (Lipinski definition) is 1. The van der Waals surface area contributed by atoms with Gasteiger partial charge in [-0.3, -0.25) is 9.69 Å². The zero-order valence-electron chi connectivity index (χ0n) is 7.79. The molecule has 1 aliphatic rings. The van der Waals surface area contributed by atoms with Gasteiger partial charge in [-0.05, 0) is 32.9 Å². The van der Waals surface area contributed by atoms with E-state index in [1.165, 1.54) is 0 Å². The molecule has 0 aliphatic carbocycles. The van der Waals surface area contributed by atoms with Crippen molar-refractivity contribution in [2.45, 2.75) is 32.7 Å². The van der Waals surface area contributed by atoms with Gasteiger partial charge in [-0.25, -0.2) is 0 Å². The van der Waals surface area contributed by atoms with Crippen LogP contribution < -0.4 is 0 Å². The number of nitrogens with zero attached hydrogens (tertiary/aromatic N) is 1. The van der Waals surface area contributed by atoms with Gasteiger partial charge in [0.25, 0.3) is 0 Å². The normalized spacial score (nSPS) is 30.8. The van der Waals surface area contributed by atoms with Gasteiger partial charge in [-0.1, -0.05) is 6.92 Å². The summed E-state index contributed by atoms with van der Waals surface area (Å²) in [5.74, 6) is -0.780. The fourth-order valence-corrected chi connectivity index (χ4v) is 1.94. The summed E-state index contributed by atoms with van der Waals surface area (Å²) >= 11 is 0. The maximum atomic E-state index is 10.7. The molecule has 3 heteroatoms. The van der Waals surface area contributed by atoms with Crippen molar-refractivity contribution in [1.29, 1.82) is 0 Å². The van der Waals surface area contributed by atoms with E-state index in [4.69, 9.17) is 5.11 Å². The van der Waals surface area contributed by atoms with Crippen LogP contribution in [0.2, 0.25) is 0 Å². The number of carboxylic acids is 1. The average molecular weight is 171 g/mol. The third-order valence-electron chi connectivity index (χ3n) is 2.71. The highest BCUT2D eigenvalue weighted by Crippen LogP contribution is 2.23. The van der Waals surface area contributed by atoms with Crippen molar-refractivity contribution in [3.8, 4) is 0 Å². The minimum atomic E-state index is -0.638. The van der Waals surface area contributed by atoms with Crippen LogP contribution in [0.15, 0.2) is 0 Å². The molecule has 0 aromatic carbocycles. The van der Waals surface area contributed by atoms with Crippen molar-refractivity contribution in [3.05, 3.63) is 0 Å². The Hall–Kier alpha value is -0.570. The fourth-order valence-electron chi connectivity index (χ4n) is 1.94. The smallest absolute Gasteiger partial charge is 0.308 e. The molecule has 1 saturated heterocycles. The lowest BCUT2D eigenvalue weighted by Crippen LogP contribution is -2.33. The van der Waals surface area contributed by atoms with Crippen LogP contribution in [-0.2, 0) is 4.79 Å². The lowest BCUT2D eigenvalue weighted by molar-refractivity contribution is -0.142. The molecule has 1 heterocycles. The summed E-state index contributed by atoms with van der Waals surface area (Å²) in [5.41, 5.74) is 0. The topological polar surface area (TPSA) is 40.5 Å². The van der Waals surface area contributed by atoms with Crippen LogP contribution in [0.5, 0.6) is 0 Å². The predicted octanol–water partition coefficient (Wildman–Crippen LogP) is 1.19. The Morgan fingerprint density at radius 2 is 2.33 bits per heavy atom. The summed E-state index contributed by atoms with van der Waals surface area (Å²) in [6, 6.07) is 0.224. The molecule has 3 nitrogen and oxygen atoms in total. The lowest BCUT2D eigenvalue weighted by atomic mass is 10.0. The maximum absolute atomic E-state index is 10.7. The van der Waals surface area contributed by atoms with E-state index >= 15 is 0 Å². The first-order chi connectivity index (χ1) is 5.66. The van der Waals surface area contributed by atoms with Gasteiger partial charge in [-0.15, -0.1) is 0 Å². The largest absolute Gasteiger partial charge is 0.481 e. The molecule has 12 heavy (non-hydrogen) atoms. The van der Waals surface area contributed by atoms with Crippen molar-refractivity contribution in [2.75, 3.05) is 13.1 Å². The van der Waals surface area contributed by atoms with Crippen LogP contribution in [-0.4, -0.2) is 35.1 Å². The van der Waals surface area contributed by atoms with Crippen molar-refractivity contribution in [3.63, 3.8) is 0 Å². The third-order valence-corrected chi connectivity index (χ3v) is 2.71. The Labute approximate surface area is 73.4 Å². The van der Waals surface area contributed by atoms with Crippen LogP contribution in [0.4, 0.5) is 0 Å². The maximum Gasteiger partial charge on any atom is 0.308 e. The highest BCUT2D eigenvalue weighted by Gasteiger charge is 2.34. The lowest BCUT2D eigenvalue weighted by Gasteiger charge is -2.21. The van der Waals surface area contributed by atoms with Crippen LogP contribution in [0, 0.1) is 5.92 Å². The molecular formula is C9H17NO2. The number of aliphatic carboxylic acids is 1. The number of hydrogen-bond acceptors (Lipinski definition) is 2. The quantitative estimate of drug-likeness (QED) is 0.693. The van der Waals surface area contributed by atoms with Gasteiger partial charge in [0.1, 0.15) is 0 Å². The second kappa shape index (κ2) is 3.90. The molecule has 0 bridgehead atoms. The van der Waals surface area contributed by atoms with Crippen molar-refractivity contribution < 1.29 is 9.90 Å². The second-order valence-electron chi connectivity index (χ2n) is 3.51. The summed E-state index contributed by atoms with van der Waals surface area (Å²) in [5, 5.41) is 8.84. The van der Waals surface area contributed by atoms with Gasteiger partial charge in [-0.2, -0.15) is 0 Å². The Morgan fingerprint density at radius 3 is 2.75 bits per heavy atom. The number of carboxylic acid groups (broad SMARTS) is 1. The average Bonchev–Trinajstić information content (AvgIpc) is 2.34. The van der Waals surface area contributed by atoms with E-state index in [-0.39, 0.29) is 12.0 Å². The Morgan fingerprint density at radius 1 is 1.67 bits per heavy atom. The van der Waals surface area contributed by atoms with E-state index in [0.29, 0.717) is 0 Å². The standard InChI is InChI=1S/C9H17NO2/c1-3-5-10-6-4-8(7(10)2)9(11)12/h7-8H,3-6H2,1-2H3,(H,11,12)/t7-,8+/m1/s1. The zero-order chi connectivity index (χ0) is 9.14. The summed E-state index contributed by atoms with van der Waals surface area (Å²) in [6.07, 6.45) is 1.92. The molecule has 0 spiro atoms. The van der Waals surface area contributed by atoms with Gasteiger partial charge in [0.2, 0.25) is 0 Å². The Balaban J connectivity index is 2.48. The molecule has 0 saturated carbocycles. The molecule has 0 radical (unpaired) electrons. The first kappa shape index (κ1) is 9.52. The first-order valence-electron chi connectivity index (χ1n) is 4.63. The van der Waals surface area contributed by atoms with Crippen molar-refractivity contribution >= 4 is 5.97 Å². The minimum Gasteiger partial charge on any atom is -0.481 e. The van der Waals surface area contributed by atoms with E-state index in [2.05, 4.69) is 11.8 Å². The van der Waals surface area contributed by atoms with Crippen molar-refractivity contribution in [2.24, 2.45) is 5.92 Å². The van der Waals surface area contributed by atoms with Crippen molar-refractivity contribution in [1.82, 2.24) is 4.90 Å². The van der Waals surface area contributed by atoms with Gasteiger partial charge < -0.3 is 5.11 Å². The minimum absolute atomic E-state index is 0.142. The predicted molar refractivity (Wildman–Crippen MR) is 47.1 cm³/mol. The summed E-state index contributed by atoms with van der Waals surface area (Å²) in [6.45, 7) is 6.12. The molecule has 1 rings (SSSR count). The number of rotatable bonds is 3. The molecule has 1 aliphatic heterocycles. The number of likely N-dealkylation sites (tertiary alicyclic amines) is 1. The molecule has 0 aromatic heterocycles. The van der Waals surface area contributed by atoms with Crippen LogP contribution in [0.1, 0.15) is 26.7 Å². The van der Waals surface area contributed by atoms with Gasteiger partial charge >= 0.3 is 5.97 Å². The molecule has 0 unspecified atom stereocenters. The molecule has 70 valence electrons. The molecule has 1 fully saturated rings. The van der Waals surface area contributed by atoms with Gasteiger partial charge in [0, 0.05) is 6.04 Å². The summed E-state index contributed by atoms with van der Waals surface area (Å²) < 4.78 is 0. The molecular weight excluding hydrogens is 154 g/mol. The molecule has 0 aromatic rings. The highest BCUT2D eigenvalue weighted by atomic mass is 16.4. The van der Waals surface area contributed by atoms with E-state index in [9.17, 15) is 4.79 Å². The molecule has 0 amide bonds. The monoisotopic (exact) mass is 171 g/mol. The van der Waals surface area contributed by atoms with E-state index in [1.54, 1.807) is 0 Å². The van der Waals surface area contributed by atoms with Gasteiger partial charge in [0.15, 0.2) is 0 Å². The summed E-state index contributed by atoms with van der Waals surface area (Å²) in [7, 11) is 0.